The molecule has 0 unspecified atom stereocenters. The predicted octanol–water partition coefficient (Wildman–Crippen LogP) is 3.83. The van der Waals surface area contributed by atoms with E-state index in [4.69, 9.17) is 0 Å². The van der Waals surface area contributed by atoms with Gasteiger partial charge in [-0.15, -0.1) is 11.8 Å². The molecule has 0 radical (unpaired) electrons. The fraction of sp³-hybridized carbons (Fsp3) is 0.571. The van der Waals surface area contributed by atoms with Crippen LogP contribution in [0.25, 0.3) is 0 Å². The summed E-state index contributed by atoms with van der Waals surface area (Å²) in [6.07, 6.45) is 2.54. The molecule has 1 aliphatic carbocycles. The van der Waals surface area contributed by atoms with Gasteiger partial charge in [0.1, 0.15) is 5.82 Å². The molecule has 1 N–H and O–H groups in total. The summed E-state index contributed by atoms with van der Waals surface area (Å²) in [4.78, 5) is 0.828. The van der Waals surface area contributed by atoms with Crippen molar-refractivity contribution in [1.29, 1.82) is 0 Å². The standard InChI is InChI=1S/C14H20FNS/c1-10(2)9-17-14-11(4-3-5-13(14)15)8-16-12-6-7-12/h3-5,10,12,16H,6-9H2,1-2H3. The number of nitrogens with one attached hydrogen (secondary N) is 1. The maximum atomic E-state index is 13.8. The van der Waals surface area contributed by atoms with Crippen LogP contribution in [0.1, 0.15) is 32.3 Å². The Bertz CT molecular complexity index is 374. The zero-order chi connectivity index (χ0) is 12.3. The number of hydrogen-bond donors (Lipinski definition) is 1. The molecule has 2 rings (SSSR count). The Kier molecular flexibility index (Phi) is 4.46. The average molecular weight is 253 g/mol. The van der Waals surface area contributed by atoms with E-state index >= 15 is 0 Å². The van der Waals surface area contributed by atoms with Crippen LogP contribution in [-0.4, -0.2) is 11.8 Å². The van der Waals surface area contributed by atoms with Gasteiger partial charge in [0.15, 0.2) is 0 Å². The Hall–Kier alpha value is -0.540. The molecule has 1 fully saturated rings. The first-order valence-corrected chi connectivity index (χ1v) is 7.29. The molecule has 1 aromatic rings. The normalized spacial score (nSPS) is 15.5. The van der Waals surface area contributed by atoms with E-state index in [1.54, 1.807) is 23.9 Å². The first kappa shape index (κ1) is 12.9. The van der Waals surface area contributed by atoms with E-state index in [0.717, 1.165) is 22.8 Å². The van der Waals surface area contributed by atoms with Gasteiger partial charge < -0.3 is 5.32 Å². The van der Waals surface area contributed by atoms with Crippen LogP contribution in [0.15, 0.2) is 23.1 Å². The van der Waals surface area contributed by atoms with Crippen LogP contribution in [0.4, 0.5) is 4.39 Å². The van der Waals surface area contributed by atoms with Crippen LogP contribution in [-0.2, 0) is 6.54 Å². The van der Waals surface area contributed by atoms with E-state index in [9.17, 15) is 4.39 Å². The molecule has 0 spiro atoms. The highest BCUT2D eigenvalue weighted by molar-refractivity contribution is 7.99. The summed E-state index contributed by atoms with van der Waals surface area (Å²) in [6.45, 7) is 5.12. The minimum Gasteiger partial charge on any atom is -0.310 e. The topological polar surface area (TPSA) is 12.0 Å². The Morgan fingerprint density at radius 2 is 2.18 bits per heavy atom. The SMILES string of the molecule is CC(C)CSc1c(F)cccc1CNC1CC1. The summed E-state index contributed by atoms with van der Waals surface area (Å²) in [5, 5.41) is 3.45. The number of hydrogen-bond acceptors (Lipinski definition) is 2. The number of benzene rings is 1. The zero-order valence-corrected chi connectivity index (χ0v) is 11.3. The Labute approximate surface area is 107 Å². The molecule has 1 aliphatic rings. The lowest BCUT2D eigenvalue weighted by Gasteiger charge is -2.12. The van der Waals surface area contributed by atoms with Crippen LogP contribution in [0.2, 0.25) is 0 Å². The summed E-state index contributed by atoms with van der Waals surface area (Å²) in [7, 11) is 0. The van der Waals surface area contributed by atoms with Gasteiger partial charge >= 0.3 is 0 Å². The lowest BCUT2D eigenvalue weighted by Crippen LogP contribution is -2.16. The van der Waals surface area contributed by atoms with Crippen LogP contribution >= 0.6 is 11.8 Å². The number of thioether (sulfide) groups is 1. The molecule has 94 valence electrons. The molecular formula is C14H20FNS. The molecule has 0 bridgehead atoms. The third-order valence-corrected chi connectivity index (χ3v) is 4.35. The van der Waals surface area contributed by atoms with Crippen molar-refractivity contribution in [2.45, 2.75) is 44.2 Å². The summed E-state index contributed by atoms with van der Waals surface area (Å²) in [5.74, 6) is 1.48. The number of rotatable bonds is 6. The van der Waals surface area contributed by atoms with E-state index in [2.05, 4.69) is 19.2 Å². The Balaban J connectivity index is 2.03. The second-order valence-electron chi connectivity index (χ2n) is 5.09. The zero-order valence-electron chi connectivity index (χ0n) is 10.5. The summed E-state index contributed by atoms with van der Waals surface area (Å²) in [6, 6.07) is 6.06. The molecule has 1 aromatic carbocycles. The molecule has 0 amide bonds. The molecule has 0 aliphatic heterocycles. The second-order valence-corrected chi connectivity index (χ2v) is 6.12. The highest BCUT2D eigenvalue weighted by atomic mass is 32.2. The van der Waals surface area contributed by atoms with E-state index in [1.807, 2.05) is 6.07 Å². The van der Waals surface area contributed by atoms with Gasteiger partial charge in [0.25, 0.3) is 0 Å². The minimum absolute atomic E-state index is 0.0780. The van der Waals surface area contributed by atoms with E-state index in [-0.39, 0.29) is 5.82 Å². The third kappa shape index (κ3) is 4.00. The second kappa shape index (κ2) is 5.87. The molecule has 1 saturated carbocycles. The predicted molar refractivity (Wildman–Crippen MR) is 71.8 cm³/mol. The van der Waals surface area contributed by atoms with Crippen molar-refractivity contribution in [3.63, 3.8) is 0 Å². The number of halogens is 1. The highest BCUT2D eigenvalue weighted by Gasteiger charge is 2.21. The van der Waals surface area contributed by atoms with Gasteiger partial charge in [0.05, 0.1) is 0 Å². The fourth-order valence-corrected chi connectivity index (χ4v) is 2.68. The van der Waals surface area contributed by atoms with E-state index < -0.39 is 0 Å². The smallest absolute Gasteiger partial charge is 0.137 e. The molecule has 3 heteroatoms. The molecular weight excluding hydrogens is 233 g/mol. The van der Waals surface area contributed by atoms with Gasteiger partial charge in [-0.25, -0.2) is 4.39 Å². The van der Waals surface area contributed by atoms with E-state index in [1.165, 1.54) is 12.8 Å². The minimum atomic E-state index is -0.0780. The first-order valence-electron chi connectivity index (χ1n) is 6.30. The molecule has 0 saturated heterocycles. The van der Waals surface area contributed by atoms with Crippen molar-refractivity contribution in [3.05, 3.63) is 29.6 Å². The van der Waals surface area contributed by atoms with Crippen molar-refractivity contribution in [3.8, 4) is 0 Å². The van der Waals surface area contributed by atoms with Crippen molar-refractivity contribution >= 4 is 11.8 Å². The van der Waals surface area contributed by atoms with Gasteiger partial charge in [0.2, 0.25) is 0 Å². The Morgan fingerprint density at radius 3 is 2.82 bits per heavy atom. The van der Waals surface area contributed by atoms with Crippen LogP contribution in [0.3, 0.4) is 0 Å². The first-order chi connectivity index (χ1) is 8.16. The monoisotopic (exact) mass is 253 g/mol. The van der Waals surface area contributed by atoms with E-state index in [0.29, 0.717) is 12.0 Å². The van der Waals surface area contributed by atoms with Crippen LogP contribution in [0.5, 0.6) is 0 Å². The summed E-state index contributed by atoms with van der Waals surface area (Å²) in [5.41, 5.74) is 1.10. The van der Waals surface area contributed by atoms with Crippen molar-refractivity contribution < 1.29 is 4.39 Å². The van der Waals surface area contributed by atoms with Gasteiger partial charge in [-0.2, -0.15) is 0 Å². The average Bonchev–Trinajstić information content (AvgIpc) is 3.08. The van der Waals surface area contributed by atoms with Gasteiger partial charge in [-0.1, -0.05) is 26.0 Å². The third-order valence-electron chi connectivity index (χ3n) is 2.77. The van der Waals surface area contributed by atoms with Crippen molar-refractivity contribution in [1.82, 2.24) is 5.32 Å². The lowest BCUT2D eigenvalue weighted by atomic mass is 10.2. The van der Waals surface area contributed by atoms with Gasteiger partial charge in [-0.3, -0.25) is 0 Å². The van der Waals surface area contributed by atoms with Crippen LogP contribution < -0.4 is 5.32 Å². The maximum absolute atomic E-state index is 13.8. The molecule has 17 heavy (non-hydrogen) atoms. The van der Waals surface area contributed by atoms with Crippen molar-refractivity contribution in [2.24, 2.45) is 5.92 Å². The fourth-order valence-electron chi connectivity index (χ4n) is 1.65. The largest absolute Gasteiger partial charge is 0.310 e. The summed E-state index contributed by atoms with van der Waals surface area (Å²) < 4.78 is 13.8. The highest BCUT2D eigenvalue weighted by Crippen LogP contribution is 2.28. The van der Waals surface area contributed by atoms with Crippen molar-refractivity contribution in [2.75, 3.05) is 5.75 Å². The Morgan fingerprint density at radius 1 is 1.41 bits per heavy atom. The molecule has 0 atom stereocenters. The molecule has 1 nitrogen and oxygen atoms in total. The molecule has 0 heterocycles. The lowest BCUT2D eigenvalue weighted by molar-refractivity contribution is 0.588. The molecule has 0 aromatic heterocycles. The quantitative estimate of drug-likeness (QED) is 0.773. The van der Waals surface area contributed by atoms with Crippen LogP contribution in [0, 0.1) is 11.7 Å². The summed E-state index contributed by atoms with van der Waals surface area (Å²) >= 11 is 1.64. The maximum Gasteiger partial charge on any atom is 0.137 e. The van der Waals surface area contributed by atoms with Gasteiger partial charge in [-0.05, 0) is 30.4 Å². The van der Waals surface area contributed by atoms with Gasteiger partial charge in [0, 0.05) is 23.2 Å².